The Morgan fingerprint density at radius 2 is 1.64 bits per heavy atom. The summed E-state index contributed by atoms with van der Waals surface area (Å²) >= 11 is 0. The predicted octanol–water partition coefficient (Wildman–Crippen LogP) is 4.09. The van der Waals surface area contributed by atoms with Crippen molar-refractivity contribution in [2.75, 3.05) is 0 Å². The fraction of sp³-hybridized carbons (Fsp3) is 1.00. The van der Waals surface area contributed by atoms with Crippen LogP contribution in [0.2, 0.25) is 19.6 Å². The molecule has 2 N–H and O–H groups in total. The number of hydrogen-bond donors (Lipinski definition) is 2. The molecule has 4 heteroatoms. The van der Waals surface area contributed by atoms with Gasteiger partial charge in [0.15, 0.2) is 8.32 Å². The standard InChI is InChI=1S/C18H36O3Si/c1-17(2)11-12-18(21-22(3,4)5)10-8-6-7-9-14(18)16(20)15(19)13-17/h14-16,19-20H,6-13H2,1-5H3/t14-,15?,16?,18-/m1/s1. The third-order valence-corrected chi connectivity index (χ3v) is 6.61. The zero-order valence-corrected chi connectivity index (χ0v) is 16.2. The van der Waals surface area contributed by atoms with E-state index in [0.717, 1.165) is 32.1 Å². The second kappa shape index (κ2) is 6.54. The first-order valence-electron chi connectivity index (χ1n) is 9.11. The Morgan fingerprint density at radius 1 is 0.955 bits per heavy atom. The van der Waals surface area contributed by atoms with E-state index < -0.39 is 20.5 Å². The summed E-state index contributed by atoms with van der Waals surface area (Å²) in [6, 6.07) is 0. The Bertz CT molecular complexity index is 377. The van der Waals surface area contributed by atoms with Gasteiger partial charge in [0.25, 0.3) is 0 Å². The third-order valence-electron chi connectivity index (χ3n) is 5.59. The van der Waals surface area contributed by atoms with Crippen LogP contribution in [0.4, 0.5) is 0 Å². The molecule has 0 amide bonds. The highest BCUT2D eigenvalue weighted by Crippen LogP contribution is 2.48. The maximum Gasteiger partial charge on any atom is 0.184 e. The van der Waals surface area contributed by atoms with E-state index >= 15 is 0 Å². The summed E-state index contributed by atoms with van der Waals surface area (Å²) in [5.74, 6) is 0.0906. The highest BCUT2D eigenvalue weighted by atomic mass is 28.4. The molecule has 2 saturated carbocycles. The lowest BCUT2D eigenvalue weighted by molar-refractivity contribution is -0.130. The highest BCUT2D eigenvalue weighted by Gasteiger charge is 2.50. The van der Waals surface area contributed by atoms with Crippen LogP contribution in [0.3, 0.4) is 0 Å². The van der Waals surface area contributed by atoms with E-state index in [0.29, 0.717) is 6.42 Å². The Balaban J connectivity index is 2.38. The number of fused-ring (bicyclic) bond motifs is 1. The van der Waals surface area contributed by atoms with Crippen LogP contribution in [0.5, 0.6) is 0 Å². The topological polar surface area (TPSA) is 49.7 Å². The van der Waals surface area contributed by atoms with Crippen molar-refractivity contribution in [2.24, 2.45) is 11.3 Å². The molecule has 22 heavy (non-hydrogen) atoms. The molecule has 2 aliphatic rings. The monoisotopic (exact) mass is 328 g/mol. The quantitative estimate of drug-likeness (QED) is 0.751. The van der Waals surface area contributed by atoms with Gasteiger partial charge in [-0.05, 0) is 57.2 Å². The summed E-state index contributed by atoms with van der Waals surface area (Å²) in [6.07, 6.45) is 7.10. The lowest BCUT2D eigenvalue weighted by Gasteiger charge is -2.50. The molecule has 0 saturated heterocycles. The van der Waals surface area contributed by atoms with Crippen molar-refractivity contribution in [3.8, 4) is 0 Å². The Kier molecular flexibility index (Phi) is 5.48. The molecule has 2 fully saturated rings. The van der Waals surface area contributed by atoms with Crippen LogP contribution in [0.1, 0.15) is 65.2 Å². The smallest absolute Gasteiger partial charge is 0.184 e. The van der Waals surface area contributed by atoms with E-state index in [9.17, 15) is 10.2 Å². The minimum absolute atomic E-state index is 0.0630. The second-order valence-electron chi connectivity index (χ2n) is 9.41. The van der Waals surface area contributed by atoms with E-state index in [1.165, 1.54) is 12.8 Å². The van der Waals surface area contributed by atoms with Crippen LogP contribution in [0.15, 0.2) is 0 Å². The molecule has 4 atom stereocenters. The molecular formula is C18H36O3Si. The predicted molar refractivity (Wildman–Crippen MR) is 93.4 cm³/mol. The van der Waals surface area contributed by atoms with Gasteiger partial charge in [0, 0.05) is 5.92 Å². The number of aliphatic hydroxyl groups is 2. The fourth-order valence-electron chi connectivity index (χ4n) is 4.60. The summed E-state index contributed by atoms with van der Waals surface area (Å²) in [4.78, 5) is 0. The van der Waals surface area contributed by atoms with Gasteiger partial charge in [-0.1, -0.05) is 33.1 Å². The van der Waals surface area contributed by atoms with Crippen LogP contribution < -0.4 is 0 Å². The molecule has 0 aromatic heterocycles. The molecule has 130 valence electrons. The number of aliphatic hydroxyl groups excluding tert-OH is 2. The summed E-state index contributed by atoms with van der Waals surface area (Å²) in [6.45, 7) is 11.2. The first kappa shape index (κ1) is 18.4. The second-order valence-corrected chi connectivity index (χ2v) is 13.8. The van der Waals surface area contributed by atoms with Crippen LogP contribution >= 0.6 is 0 Å². The Morgan fingerprint density at radius 3 is 2.27 bits per heavy atom. The van der Waals surface area contributed by atoms with Gasteiger partial charge in [-0.25, -0.2) is 0 Å². The van der Waals surface area contributed by atoms with Gasteiger partial charge in [0.05, 0.1) is 17.8 Å². The molecule has 3 nitrogen and oxygen atoms in total. The molecule has 2 rings (SSSR count). The van der Waals surface area contributed by atoms with Crippen molar-refractivity contribution >= 4 is 8.32 Å². The molecule has 0 radical (unpaired) electrons. The average Bonchev–Trinajstić information content (AvgIpc) is 2.55. The largest absolute Gasteiger partial charge is 0.412 e. The van der Waals surface area contributed by atoms with Crippen LogP contribution in [-0.4, -0.2) is 36.3 Å². The van der Waals surface area contributed by atoms with Gasteiger partial charge in [-0.2, -0.15) is 0 Å². The van der Waals surface area contributed by atoms with Gasteiger partial charge in [-0.15, -0.1) is 0 Å². The minimum Gasteiger partial charge on any atom is -0.412 e. The zero-order chi connectivity index (χ0) is 16.6. The minimum atomic E-state index is -1.71. The van der Waals surface area contributed by atoms with Crippen molar-refractivity contribution in [3.63, 3.8) is 0 Å². The van der Waals surface area contributed by atoms with Crippen LogP contribution in [0.25, 0.3) is 0 Å². The summed E-state index contributed by atoms with van der Waals surface area (Å²) in [5.41, 5.74) is -0.160. The van der Waals surface area contributed by atoms with Gasteiger partial charge in [0.2, 0.25) is 0 Å². The van der Waals surface area contributed by atoms with Gasteiger partial charge in [-0.3, -0.25) is 0 Å². The first-order chi connectivity index (χ1) is 10.0. The van der Waals surface area contributed by atoms with Gasteiger partial charge >= 0.3 is 0 Å². The maximum absolute atomic E-state index is 10.9. The van der Waals surface area contributed by atoms with Crippen molar-refractivity contribution in [2.45, 2.75) is 103 Å². The third kappa shape index (κ3) is 4.34. The van der Waals surface area contributed by atoms with Gasteiger partial charge < -0.3 is 14.6 Å². The fourth-order valence-corrected chi connectivity index (χ4v) is 6.18. The van der Waals surface area contributed by atoms with Gasteiger partial charge in [0.1, 0.15) is 0 Å². The first-order valence-corrected chi connectivity index (χ1v) is 12.5. The normalized spacial score (nSPS) is 40.2. The molecule has 0 bridgehead atoms. The summed E-state index contributed by atoms with van der Waals surface area (Å²) in [7, 11) is -1.71. The summed E-state index contributed by atoms with van der Waals surface area (Å²) < 4.78 is 6.77. The molecule has 0 spiro atoms. The summed E-state index contributed by atoms with van der Waals surface area (Å²) in [5, 5.41) is 21.5. The lowest BCUT2D eigenvalue weighted by Crippen LogP contribution is -2.55. The van der Waals surface area contributed by atoms with Crippen molar-refractivity contribution in [3.05, 3.63) is 0 Å². The molecule has 0 aromatic carbocycles. The molecule has 0 aromatic rings. The van der Waals surface area contributed by atoms with E-state index in [2.05, 4.69) is 33.5 Å². The van der Waals surface area contributed by atoms with Crippen molar-refractivity contribution in [1.82, 2.24) is 0 Å². The Hall–Kier alpha value is 0.0969. The zero-order valence-electron chi connectivity index (χ0n) is 15.2. The Labute approximate surface area is 137 Å². The van der Waals surface area contributed by atoms with E-state index in [-0.39, 0.29) is 16.9 Å². The van der Waals surface area contributed by atoms with E-state index in [4.69, 9.17) is 4.43 Å². The van der Waals surface area contributed by atoms with Crippen molar-refractivity contribution < 1.29 is 14.6 Å². The molecular weight excluding hydrogens is 292 g/mol. The van der Waals surface area contributed by atoms with E-state index in [1.54, 1.807) is 0 Å². The SMILES string of the molecule is CC1(C)CC[C@]2(O[Si](C)(C)C)CCCCC[C@@H]2C(O)C(O)C1. The molecule has 2 unspecified atom stereocenters. The number of hydrogen-bond acceptors (Lipinski definition) is 3. The maximum atomic E-state index is 10.9. The lowest BCUT2D eigenvalue weighted by atomic mass is 9.67. The molecule has 2 aliphatic carbocycles. The van der Waals surface area contributed by atoms with Crippen LogP contribution in [0, 0.1) is 11.3 Å². The van der Waals surface area contributed by atoms with E-state index in [1.807, 2.05) is 0 Å². The van der Waals surface area contributed by atoms with Crippen LogP contribution in [-0.2, 0) is 4.43 Å². The highest BCUT2D eigenvalue weighted by molar-refractivity contribution is 6.69. The van der Waals surface area contributed by atoms with Crippen molar-refractivity contribution in [1.29, 1.82) is 0 Å². The molecule has 0 heterocycles. The average molecular weight is 329 g/mol. The molecule has 0 aliphatic heterocycles. The number of rotatable bonds is 2.